The van der Waals surface area contributed by atoms with Crippen molar-refractivity contribution in [3.8, 4) is 17.2 Å². The van der Waals surface area contributed by atoms with Crippen molar-refractivity contribution >= 4 is 17.7 Å². The second kappa shape index (κ2) is 10.0. The summed E-state index contributed by atoms with van der Waals surface area (Å²) in [5.41, 5.74) is 1.90. The monoisotopic (exact) mass is 498 g/mol. The number of rotatable bonds is 7. The van der Waals surface area contributed by atoms with Crippen LogP contribution in [0, 0.1) is 22.7 Å². The number of hydrogen-bond acceptors (Lipinski definition) is 6. The molecule has 2 aliphatic rings. The first-order valence-corrected chi connectivity index (χ1v) is 13.0. The fraction of sp³-hybridized carbons (Fsp3) is 0.633. The van der Waals surface area contributed by atoms with Crippen LogP contribution in [0.3, 0.4) is 0 Å². The first-order chi connectivity index (χ1) is 16.5. The van der Waals surface area contributed by atoms with E-state index in [1.165, 1.54) is 19.4 Å². The number of Topliss-reactive ketones (excluding diaryl/α,β-unsaturated/α-hetero) is 1. The van der Waals surface area contributed by atoms with E-state index in [1.54, 1.807) is 6.07 Å². The van der Waals surface area contributed by atoms with Crippen LogP contribution in [0.4, 0.5) is 0 Å². The first-order valence-electron chi connectivity index (χ1n) is 13.0. The zero-order chi connectivity index (χ0) is 27.2. The van der Waals surface area contributed by atoms with Crippen molar-refractivity contribution in [2.45, 2.75) is 101 Å². The van der Waals surface area contributed by atoms with Crippen molar-refractivity contribution in [1.29, 1.82) is 0 Å². The highest BCUT2D eigenvalue weighted by Gasteiger charge is 2.47. The largest absolute Gasteiger partial charge is 0.461 e. The summed E-state index contributed by atoms with van der Waals surface area (Å²) in [6, 6.07) is 1.64. The molecule has 0 saturated heterocycles. The molecule has 36 heavy (non-hydrogen) atoms. The smallest absolute Gasteiger partial charge is 0.308 e. The molecule has 1 aromatic carbocycles. The average Bonchev–Trinajstić information content (AvgIpc) is 2.65. The molecule has 1 aliphatic heterocycles. The Labute approximate surface area is 215 Å². The Morgan fingerprint density at radius 2 is 1.61 bits per heavy atom. The Kier molecular flexibility index (Phi) is 7.78. The van der Waals surface area contributed by atoms with Crippen LogP contribution in [-0.4, -0.2) is 17.7 Å². The zero-order valence-corrected chi connectivity index (χ0v) is 23.6. The molecule has 1 aromatic rings. The third-order valence-corrected chi connectivity index (χ3v) is 6.80. The van der Waals surface area contributed by atoms with Crippen LogP contribution in [0.15, 0.2) is 17.4 Å². The minimum absolute atomic E-state index is 0.0635. The number of ketones is 1. The van der Waals surface area contributed by atoms with Crippen LogP contribution in [-0.2, 0) is 9.59 Å². The van der Waals surface area contributed by atoms with Crippen LogP contribution in [0.1, 0.15) is 117 Å². The Morgan fingerprint density at radius 1 is 1.00 bits per heavy atom. The van der Waals surface area contributed by atoms with Gasteiger partial charge in [0.05, 0.1) is 0 Å². The molecule has 1 heterocycles. The summed E-state index contributed by atoms with van der Waals surface area (Å²) in [5.74, 6) is 0.660. The van der Waals surface area contributed by atoms with Gasteiger partial charge in [0.25, 0.3) is 0 Å². The van der Waals surface area contributed by atoms with Crippen molar-refractivity contribution in [1.82, 2.24) is 0 Å². The van der Waals surface area contributed by atoms with Gasteiger partial charge < -0.3 is 14.2 Å². The van der Waals surface area contributed by atoms with Gasteiger partial charge in [-0.2, -0.15) is 0 Å². The molecule has 0 aromatic heterocycles. The highest BCUT2D eigenvalue weighted by Crippen LogP contribution is 2.60. The van der Waals surface area contributed by atoms with Gasteiger partial charge in [0.1, 0.15) is 22.8 Å². The van der Waals surface area contributed by atoms with Crippen LogP contribution in [0.25, 0.3) is 0 Å². The maximum absolute atomic E-state index is 13.5. The molecular formula is C30H42O6. The fourth-order valence-corrected chi connectivity index (χ4v) is 6.13. The van der Waals surface area contributed by atoms with Gasteiger partial charge in [-0.05, 0) is 42.1 Å². The third-order valence-electron chi connectivity index (χ3n) is 6.80. The number of benzene rings is 1. The van der Waals surface area contributed by atoms with Gasteiger partial charge in [0.2, 0.25) is 0 Å². The van der Waals surface area contributed by atoms with Crippen LogP contribution >= 0.6 is 0 Å². The van der Waals surface area contributed by atoms with Gasteiger partial charge in [-0.3, -0.25) is 14.4 Å². The van der Waals surface area contributed by atoms with Gasteiger partial charge >= 0.3 is 11.9 Å². The van der Waals surface area contributed by atoms with E-state index in [2.05, 4.69) is 41.5 Å². The lowest BCUT2D eigenvalue weighted by Gasteiger charge is -2.47. The van der Waals surface area contributed by atoms with Crippen molar-refractivity contribution < 1.29 is 28.6 Å². The Bertz CT molecular complexity index is 1100. The molecule has 0 amide bonds. The van der Waals surface area contributed by atoms with Gasteiger partial charge in [0.15, 0.2) is 11.5 Å². The Morgan fingerprint density at radius 3 is 2.14 bits per heavy atom. The molecule has 1 unspecified atom stereocenters. The average molecular weight is 499 g/mol. The lowest BCUT2D eigenvalue weighted by molar-refractivity contribution is -0.132. The van der Waals surface area contributed by atoms with E-state index < -0.39 is 11.9 Å². The van der Waals surface area contributed by atoms with E-state index in [1.807, 2.05) is 13.8 Å². The second-order valence-corrected chi connectivity index (χ2v) is 12.7. The summed E-state index contributed by atoms with van der Waals surface area (Å²) in [4.78, 5) is 37.9. The molecule has 0 fully saturated rings. The van der Waals surface area contributed by atoms with Crippen molar-refractivity contribution in [2.24, 2.45) is 22.7 Å². The summed E-state index contributed by atoms with van der Waals surface area (Å²) in [7, 11) is 0. The van der Waals surface area contributed by atoms with Gasteiger partial charge in [-0.25, -0.2) is 0 Å². The van der Waals surface area contributed by atoms with Crippen molar-refractivity contribution in [3.63, 3.8) is 0 Å². The van der Waals surface area contributed by atoms with E-state index in [-0.39, 0.29) is 51.9 Å². The van der Waals surface area contributed by atoms with E-state index in [4.69, 9.17) is 14.2 Å². The number of esters is 2. The molecule has 3 rings (SSSR count). The lowest BCUT2D eigenvalue weighted by atomic mass is 9.61. The number of carbonyl (C=O) groups is 3. The number of allylic oxidation sites excluding steroid dienone is 2. The quantitative estimate of drug-likeness (QED) is 0.222. The molecule has 0 spiro atoms. The van der Waals surface area contributed by atoms with E-state index in [9.17, 15) is 14.4 Å². The topological polar surface area (TPSA) is 78.9 Å². The predicted molar refractivity (Wildman–Crippen MR) is 139 cm³/mol. The lowest BCUT2D eigenvalue weighted by Crippen LogP contribution is -2.37. The fourth-order valence-electron chi connectivity index (χ4n) is 6.13. The number of ether oxygens (including phenoxy) is 3. The van der Waals surface area contributed by atoms with Gasteiger partial charge in [0, 0.05) is 43.2 Å². The second-order valence-electron chi connectivity index (χ2n) is 12.7. The molecular weight excluding hydrogens is 456 g/mol. The number of hydrogen-bond donors (Lipinski definition) is 0. The van der Waals surface area contributed by atoms with Crippen molar-refractivity contribution in [3.05, 3.63) is 28.5 Å². The summed E-state index contributed by atoms with van der Waals surface area (Å²) >= 11 is 0. The van der Waals surface area contributed by atoms with Crippen molar-refractivity contribution in [2.75, 3.05) is 0 Å². The molecule has 0 bridgehead atoms. The maximum Gasteiger partial charge on any atom is 0.308 e. The molecule has 0 N–H and O–H groups in total. The minimum Gasteiger partial charge on any atom is -0.461 e. The molecule has 6 nitrogen and oxygen atoms in total. The summed E-state index contributed by atoms with van der Waals surface area (Å²) in [5, 5.41) is 0. The molecule has 198 valence electrons. The van der Waals surface area contributed by atoms with E-state index in [0.29, 0.717) is 17.2 Å². The zero-order valence-electron chi connectivity index (χ0n) is 23.6. The Balaban J connectivity index is 2.39. The standard InChI is InChI=1S/C30H42O6/c1-16(2)11-20-21-14-29(7,8)15-30(9,10)28(21)36-23-13-24(34-18(5)31)26(22(33)12-17(3)4)27(25(20)23)35-19(6)32/h13,16-17,20H,11-12,14-15H2,1-10H3. The molecule has 1 atom stereocenters. The minimum atomic E-state index is -0.559. The first kappa shape index (κ1) is 27.9. The SMILES string of the molecule is CC(=O)Oc1cc2c(c(OC(C)=O)c1C(=O)CC(C)C)C(CC(C)C)C1=C(O2)C(C)(C)CC(C)(C)C1. The van der Waals surface area contributed by atoms with Crippen LogP contribution in [0.2, 0.25) is 0 Å². The molecule has 1 aliphatic carbocycles. The summed E-state index contributed by atoms with van der Waals surface area (Å²) in [6.07, 6.45) is 2.84. The Hall–Kier alpha value is -2.63. The van der Waals surface area contributed by atoms with Crippen LogP contribution < -0.4 is 14.2 Å². The highest BCUT2D eigenvalue weighted by atomic mass is 16.5. The molecule has 0 saturated carbocycles. The van der Waals surface area contributed by atoms with E-state index in [0.717, 1.165) is 25.0 Å². The third kappa shape index (κ3) is 5.84. The molecule has 6 heteroatoms. The summed E-state index contributed by atoms with van der Waals surface area (Å²) < 4.78 is 17.9. The normalized spacial score (nSPS) is 19.9. The highest BCUT2D eigenvalue weighted by molar-refractivity contribution is 6.03. The summed E-state index contributed by atoms with van der Waals surface area (Å²) in [6.45, 7) is 19.8. The predicted octanol–water partition coefficient (Wildman–Crippen LogP) is 7.39. The molecule has 0 radical (unpaired) electrons. The van der Waals surface area contributed by atoms with Crippen LogP contribution in [0.5, 0.6) is 17.2 Å². The number of carbonyl (C=O) groups excluding carboxylic acids is 3. The number of fused-ring (bicyclic) bond motifs is 1. The van der Waals surface area contributed by atoms with Gasteiger partial charge in [-0.15, -0.1) is 0 Å². The van der Waals surface area contributed by atoms with Gasteiger partial charge in [-0.1, -0.05) is 55.4 Å². The van der Waals surface area contributed by atoms with E-state index >= 15 is 0 Å². The maximum atomic E-state index is 13.5.